The summed E-state index contributed by atoms with van der Waals surface area (Å²) in [6, 6.07) is 27.3. The number of para-hydroxylation sites is 1. The van der Waals surface area contributed by atoms with Gasteiger partial charge in [-0.3, -0.25) is 14.2 Å². The fourth-order valence-electron chi connectivity index (χ4n) is 5.33. The highest BCUT2D eigenvalue weighted by Crippen LogP contribution is 2.32. The van der Waals surface area contributed by atoms with E-state index < -0.39 is 6.04 Å². The summed E-state index contributed by atoms with van der Waals surface area (Å²) in [5.74, 6) is 1.05. The number of carbonyl (C=O) groups is 1. The molecule has 4 aromatic carbocycles. The molecule has 0 radical (unpaired) electrons. The Morgan fingerprint density at radius 1 is 0.979 bits per heavy atom. The first-order valence-electron chi connectivity index (χ1n) is 15.0. The number of rotatable bonds is 10. The number of hydrogen-bond acceptors (Lipinski definition) is 7. The van der Waals surface area contributed by atoms with Crippen molar-refractivity contribution in [2.45, 2.75) is 26.5 Å². The molecule has 0 aliphatic carbocycles. The Morgan fingerprint density at radius 2 is 1.72 bits per heavy atom. The Balaban J connectivity index is 1.38. The van der Waals surface area contributed by atoms with Crippen molar-refractivity contribution in [2.24, 2.45) is 4.99 Å². The second-order valence-electron chi connectivity index (χ2n) is 10.7. The first-order valence-corrected chi connectivity index (χ1v) is 15.8. The molecular weight excluding hydrogens is 617 g/mol. The fraction of sp³-hybridized carbons (Fsp3) is 0.162. The van der Waals surface area contributed by atoms with Crippen LogP contribution in [0.1, 0.15) is 36.6 Å². The van der Waals surface area contributed by atoms with Gasteiger partial charge in [-0.1, -0.05) is 59.9 Å². The lowest BCUT2D eigenvalue weighted by Gasteiger charge is -2.25. The molecule has 0 saturated carbocycles. The largest absolute Gasteiger partial charge is 0.497 e. The van der Waals surface area contributed by atoms with Gasteiger partial charge in [0.25, 0.3) is 11.5 Å². The van der Waals surface area contributed by atoms with Crippen molar-refractivity contribution >= 4 is 29.0 Å². The molecule has 0 fully saturated rings. The van der Waals surface area contributed by atoms with E-state index in [1.807, 2.05) is 61.5 Å². The Kier molecular flexibility index (Phi) is 9.30. The third-order valence-electron chi connectivity index (χ3n) is 7.60. The number of benzene rings is 4. The van der Waals surface area contributed by atoms with Crippen molar-refractivity contribution in [1.82, 2.24) is 4.57 Å². The smallest absolute Gasteiger partial charge is 0.271 e. The van der Waals surface area contributed by atoms with Crippen LogP contribution in [-0.2, 0) is 11.4 Å². The van der Waals surface area contributed by atoms with E-state index in [-0.39, 0.29) is 23.9 Å². The standard InChI is InChI=1S/C37H32FN3O5S/c1-4-45-31-20-25(12-19-30(31)46-22-24-10-15-27(38)16-11-24)21-32-36(43)41-34(26-13-17-29(44-3)18-14-26)33(23(2)39-37(41)47-32)35(42)40-28-8-6-5-7-9-28/h5-21,34H,4,22H2,1-3H3,(H,40,42)/b32-21+/t34-/m1/s1. The van der Waals surface area contributed by atoms with Crippen LogP contribution >= 0.6 is 11.3 Å². The van der Waals surface area contributed by atoms with Crippen molar-refractivity contribution in [1.29, 1.82) is 0 Å². The van der Waals surface area contributed by atoms with Crippen LogP contribution in [0, 0.1) is 5.82 Å². The maximum Gasteiger partial charge on any atom is 0.271 e. The molecule has 0 spiro atoms. The van der Waals surface area contributed by atoms with E-state index in [1.54, 1.807) is 55.0 Å². The lowest BCUT2D eigenvalue weighted by atomic mass is 9.95. The normalized spacial score (nSPS) is 14.3. The molecule has 8 nitrogen and oxygen atoms in total. The summed E-state index contributed by atoms with van der Waals surface area (Å²) in [4.78, 5) is 33.1. The van der Waals surface area contributed by atoms with Gasteiger partial charge in [-0.25, -0.2) is 9.38 Å². The van der Waals surface area contributed by atoms with Gasteiger partial charge in [-0.2, -0.15) is 0 Å². The minimum atomic E-state index is -0.718. The molecule has 6 rings (SSSR count). The number of halogens is 1. The minimum absolute atomic E-state index is 0.239. The van der Waals surface area contributed by atoms with E-state index in [0.717, 1.165) is 16.7 Å². The SMILES string of the molecule is CCOc1cc(/C=c2/sc3n(c2=O)[C@H](c2ccc(OC)cc2)C(C(=O)Nc2ccccc2)=C(C)N=3)ccc1OCc1ccc(F)cc1. The molecule has 1 atom stereocenters. The van der Waals surface area contributed by atoms with Crippen LogP contribution in [0.2, 0.25) is 0 Å². The molecule has 0 saturated heterocycles. The first-order chi connectivity index (χ1) is 22.8. The number of methoxy groups -OCH3 is 1. The lowest BCUT2D eigenvalue weighted by molar-refractivity contribution is -0.113. The molecule has 0 unspecified atom stereocenters. The topological polar surface area (TPSA) is 91.2 Å². The van der Waals surface area contributed by atoms with E-state index >= 15 is 0 Å². The molecule has 47 heavy (non-hydrogen) atoms. The average molecular weight is 650 g/mol. The zero-order chi connectivity index (χ0) is 32.9. The van der Waals surface area contributed by atoms with E-state index in [1.165, 1.54) is 23.5 Å². The van der Waals surface area contributed by atoms with Crippen molar-refractivity contribution < 1.29 is 23.4 Å². The second kappa shape index (κ2) is 13.9. The predicted molar refractivity (Wildman–Crippen MR) is 180 cm³/mol. The molecule has 1 N–H and O–H groups in total. The van der Waals surface area contributed by atoms with Crippen molar-refractivity contribution in [3.05, 3.63) is 151 Å². The van der Waals surface area contributed by atoms with E-state index in [9.17, 15) is 14.0 Å². The quantitative estimate of drug-likeness (QED) is 0.201. The highest BCUT2D eigenvalue weighted by molar-refractivity contribution is 7.07. The van der Waals surface area contributed by atoms with E-state index in [2.05, 4.69) is 5.32 Å². The predicted octanol–water partition coefficient (Wildman–Crippen LogP) is 6.00. The van der Waals surface area contributed by atoms with E-state index in [4.69, 9.17) is 19.2 Å². The van der Waals surface area contributed by atoms with Crippen LogP contribution in [0.4, 0.5) is 10.1 Å². The van der Waals surface area contributed by atoms with Crippen LogP contribution in [0.3, 0.4) is 0 Å². The Hall–Kier alpha value is -5.48. The number of anilines is 1. The summed E-state index contributed by atoms with van der Waals surface area (Å²) < 4.78 is 32.6. The Bertz CT molecular complexity index is 2120. The van der Waals surface area contributed by atoms with Gasteiger partial charge in [0.1, 0.15) is 18.2 Å². The zero-order valence-corrected chi connectivity index (χ0v) is 26.8. The summed E-state index contributed by atoms with van der Waals surface area (Å²) in [6.07, 6.45) is 1.78. The molecule has 1 aromatic heterocycles. The number of allylic oxidation sites excluding steroid dienone is 1. The number of nitrogens with zero attached hydrogens (tertiary/aromatic N) is 2. The monoisotopic (exact) mass is 649 g/mol. The molecule has 238 valence electrons. The van der Waals surface area contributed by atoms with Gasteiger partial charge in [0.15, 0.2) is 16.3 Å². The molecule has 10 heteroatoms. The van der Waals surface area contributed by atoms with Crippen molar-refractivity contribution in [2.75, 3.05) is 19.0 Å². The van der Waals surface area contributed by atoms with Gasteiger partial charge in [0, 0.05) is 5.69 Å². The number of nitrogens with one attached hydrogen (secondary N) is 1. The number of carbonyl (C=O) groups excluding carboxylic acids is 1. The summed E-state index contributed by atoms with van der Waals surface area (Å²) in [7, 11) is 1.59. The fourth-order valence-corrected chi connectivity index (χ4v) is 6.38. The first kappa shape index (κ1) is 31.5. The van der Waals surface area contributed by atoms with Crippen LogP contribution < -0.4 is 34.4 Å². The number of amides is 1. The van der Waals surface area contributed by atoms with Gasteiger partial charge in [-0.15, -0.1) is 0 Å². The summed E-state index contributed by atoms with van der Waals surface area (Å²) >= 11 is 1.25. The number of ether oxygens (including phenoxy) is 3. The third-order valence-corrected chi connectivity index (χ3v) is 8.59. The second-order valence-corrected chi connectivity index (χ2v) is 11.7. The maximum absolute atomic E-state index is 14.1. The number of aromatic nitrogens is 1. The number of thiazole rings is 1. The van der Waals surface area contributed by atoms with Gasteiger partial charge in [0.05, 0.1) is 35.6 Å². The lowest BCUT2D eigenvalue weighted by Crippen LogP contribution is -2.40. The minimum Gasteiger partial charge on any atom is -0.497 e. The van der Waals surface area contributed by atoms with Crippen LogP contribution in [0.15, 0.2) is 118 Å². The molecule has 1 aliphatic rings. The van der Waals surface area contributed by atoms with Gasteiger partial charge < -0.3 is 19.5 Å². The molecule has 2 heterocycles. The molecule has 5 aromatic rings. The zero-order valence-electron chi connectivity index (χ0n) is 26.0. The summed E-state index contributed by atoms with van der Waals surface area (Å²) in [5.41, 5.74) is 3.55. The Morgan fingerprint density at radius 3 is 2.43 bits per heavy atom. The van der Waals surface area contributed by atoms with Crippen molar-refractivity contribution in [3.63, 3.8) is 0 Å². The highest BCUT2D eigenvalue weighted by atomic mass is 32.1. The average Bonchev–Trinajstić information content (AvgIpc) is 3.38. The van der Waals surface area contributed by atoms with Crippen LogP contribution in [-0.4, -0.2) is 24.2 Å². The number of fused-ring (bicyclic) bond motifs is 1. The highest BCUT2D eigenvalue weighted by Gasteiger charge is 2.32. The van der Waals surface area contributed by atoms with Gasteiger partial charge in [-0.05, 0) is 85.1 Å². The third kappa shape index (κ3) is 6.87. The van der Waals surface area contributed by atoms with E-state index in [0.29, 0.717) is 50.1 Å². The maximum atomic E-state index is 14.1. The van der Waals surface area contributed by atoms with Gasteiger partial charge in [0.2, 0.25) is 0 Å². The molecule has 0 bridgehead atoms. The Labute approximate surface area is 274 Å². The summed E-state index contributed by atoms with van der Waals surface area (Å²) in [6.45, 7) is 4.31. The summed E-state index contributed by atoms with van der Waals surface area (Å²) in [5, 5.41) is 2.96. The van der Waals surface area contributed by atoms with Crippen LogP contribution in [0.5, 0.6) is 17.2 Å². The van der Waals surface area contributed by atoms with Crippen LogP contribution in [0.25, 0.3) is 6.08 Å². The molecule has 1 aliphatic heterocycles. The molecular formula is C37H32FN3O5S. The molecule has 1 amide bonds. The van der Waals surface area contributed by atoms with Gasteiger partial charge >= 0.3 is 0 Å². The van der Waals surface area contributed by atoms with Crippen molar-refractivity contribution in [3.8, 4) is 17.2 Å². The number of hydrogen-bond donors (Lipinski definition) is 1.